The summed E-state index contributed by atoms with van der Waals surface area (Å²) in [5.41, 5.74) is 1.21. The normalized spacial score (nSPS) is 16.8. The van der Waals surface area contributed by atoms with Crippen molar-refractivity contribution in [3.05, 3.63) is 29.1 Å². The third kappa shape index (κ3) is 4.98. The Balaban J connectivity index is 0.00000220. The van der Waals surface area contributed by atoms with E-state index in [4.69, 9.17) is 0 Å². The average Bonchev–Trinajstić information content (AvgIpc) is 2.43. The summed E-state index contributed by atoms with van der Waals surface area (Å²) in [6.45, 7) is 9.72. The zero-order chi connectivity index (χ0) is 14.7. The summed E-state index contributed by atoms with van der Waals surface area (Å²) in [4.78, 5) is 2.29. The van der Waals surface area contributed by atoms with E-state index in [0.29, 0.717) is 11.5 Å². The molecule has 3 nitrogen and oxygen atoms in total. The third-order valence-corrected chi connectivity index (χ3v) is 3.99. The van der Waals surface area contributed by atoms with E-state index in [1.54, 1.807) is 6.07 Å². The summed E-state index contributed by atoms with van der Waals surface area (Å²) >= 11 is 0. The molecule has 1 fully saturated rings. The maximum absolute atomic E-state index is 14.3. The number of hydrogen-bond acceptors (Lipinski definition) is 3. The van der Waals surface area contributed by atoms with Crippen LogP contribution in [0.3, 0.4) is 0 Å². The fraction of sp³-hybridized carbons (Fsp3) is 0.625. The second-order valence-electron chi connectivity index (χ2n) is 6.06. The van der Waals surface area contributed by atoms with Crippen LogP contribution in [-0.4, -0.2) is 36.2 Å². The lowest BCUT2D eigenvalue weighted by atomic mass is 9.92. The van der Waals surface area contributed by atoms with Crippen LogP contribution in [0.4, 0.5) is 4.39 Å². The zero-order valence-corrected chi connectivity index (χ0v) is 15.1. The van der Waals surface area contributed by atoms with Gasteiger partial charge >= 0.3 is 0 Å². The van der Waals surface area contributed by atoms with Crippen LogP contribution in [0.25, 0.3) is 0 Å². The van der Waals surface area contributed by atoms with Crippen molar-refractivity contribution in [2.45, 2.75) is 33.2 Å². The third-order valence-electron chi connectivity index (χ3n) is 3.99. The van der Waals surface area contributed by atoms with Gasteiger partial charge in [-0.25, -0.2) is 4.39 Å². The van der Waals surface area contributed by atoms with Crippen molar-refractivity contribution in [3.63, 3.8) is 0 Å². The Morgan fingerprint density at radius 1 is 1.23 bits per heavy atom. The van der Waals surface area contributed by atoms with E-state index in [9.17, 15) is 9.50 Å². The molecule has 0 radical (unpaired) electrons. The number of aromatic hydroxyl groups is 1. The highest BCUT2D eigenvalue weighted by Gasteiger charge is 2.28. The molecule has 0 amide bonds. The second kappa shape index (κ2) is 9.56. The lowest BCUT2D eigenvalue weighted by molar-refractivity contribution is 0.148. The number of phenols is 1. The van der Waals surface area contributed by atoms with E-state index in [-0.39, 0.29) is 42.4 Å². The molecule has 1 aliphatic heterocycles. The fourth-order valence-corrected chi connectivity index (χ4v) is 2.90. The van der Waals surface area contributed by atoms with Crippen LogP contribution in [-0.2, 0) is 0 Å². The minimum atomic E-state index is -0.294. The summed E-state index contributed by atoms with van der Waals surface area (Å²) in [6.07, 6.45) is 0.855. The van der Waals surface area contributed by atoms with Crippen LogP contribution < -0.4 is 5.32 Å². The Kier molecular flexibility index (Phi) is 9.32. The van der Waals surface area contributed by atoms with Crippen LogP contribution in [0, 0.1) is 18.7 Å². The van der Waals surface area contributed by atoms with E-state index < -0.39 is 0 Å². The van der Waals surface area contributed by atoms with Gasteiger partial charge in [0, 0.05) is 37.8 Å². The molecule has 0 spiro atoms. The molecule has 2 rings (SSSR count). The van der Waals surface area contributed by atoms with Gasteiger partial charge in [0.25, 0.3) is 0 Å². The van der Waals surface area contributed by atoms with Gasteiger partial charge in [-0.05, 0) is 30.9 Å². The topological polar surface area (TPSA) is 35.5 Å². The van der Waals surface area contributed by atoms with Crippen LogP contribution in [0.1, 0.15) is 37.4 Å². The van der Waals surface area contributed by atoms with E-state index in [1.165, 1.54) is 6.07 Å². The monoisotopic (exact) mass is 352 g/mol. The number of rotatable bonds is 4. The minimum absolute atomic E-state index is 0. The lowest BCUT2D eigenvalue weighted by Gasteiger charge is -2.36. The minimum Gasteiger partial charge on any atom is -0.507 e. The number of benzene rings is 1. The quantitative estimate of drug-likeness (QED) is 0.867. The maximum atomic E-state index is 14.3. The summed E-state index contributed by atoms with van der Waals surface area (Å²) in [6, 6.07) is 3.06. The standard InChI is InChI=1S/C16H25FN2O.2ClH/c1-11(2)10-14(19-8-6-18-7-9-19)15-13(17)5-4-12(3)16(15)20;;/h4-5,11,14,18,20H,6-10H2,1-3H3;2*1H/t14-;;/m1../s1. The Bertz CT molecular complexity index is 466. The second-order valence-corrected chi connectivity index (χ2v) is 6.06. The molecule has 0 aliphatic carbocycles. The van der Waals surface area contributed by atoms with Gasteiger partial charge in [-0.15, -0.1) is 24.8 Å². The summed E-state index contributed by atoms with van der Waals surface area (Å²) in [7, 11) is 0. The van der Waals surface area contributed by atoms with Crippen molar-refractivity contribution >= 4 is 24.8 Å². The van der Waals surface area contributed by atoms with Gasteiger partial charge in [0.1, 0.15) is 11.6 Å². The van der Waals surface area contributed by atoms with E-state index >= 15 is 0 Å². The van der Waals surface area contributed by atoms with Gasteiger partial charge in [0.15, 0.2) is 0 Å². The van der Waals surface area contributed by atoms with Gasteiger partial charge < -0.3 is 10.4 Å². The first kappa shape index (κ1) is 21.4. The molecule has 1 saturated heterocycles. The molecule has 0 unspecified atom stereocenters. The van der Waals surface area contributed by atoms with Crippen molar-refractivity contribution in [1.82, 2.24) is 10.2 Å². The predicted molar refractivity (Wildman–Crippen MR) is 93.9 cm³/mol. The largest absolute Gasteiger partial charge is 0.507 e. The molecule has 6 heteroatoms. The number of piperazine rings is 1. The number of aryl methyl sites for hydroxylation is 1. The summed E-state index contributed by atoms with van der Waals surface area (Å²) in [5, 5.41) is 13.6. The number of nitrogens with one attached hydrogen (secondary N) is 1. The number of phenolic OH excluding ortho intramolecular Hbond substituents is 1. The average molecular weight is 353 g/mol. The van der Waals surface area contributed by atoms with Gasteiger partial charge in [-0.1, -0.05) is 19.9 Å². The molecule has 1 aromatic rings. The van der Waals surface area contributed by atoms with Crippen LogP contribution >= 0.6 is 24.8 Å². The zero-order valence-electron chi connectivity index (χ0n) is 13.4. The van der Waals surface area contributed by atoms with Crippen molar-refractivity contribution < 1.29 is 9.50 Å². The molecule has 1 aromatic carbocycles. The molecule has 1 atom stereocenters. The highest BCUT2D eigenvalue weighted by molar-refractivity contribution is 5.85. The first-order valence-corrected chi connectivity index (χ1v) is 7.43. The van der Waals surface area contributed by atoms with Crippen molar-refractivity contribution in [1.29, 1.82) is 0 Å². The molecule has 2 N–H and O–H groups in total. The molecular weight excluding hydrogens is 326 g/mol. The summed E-state index contributed by atoms with van der Waals surface area (Å²) < 4.78 is 14.3. The Labute approximate surface area is 145 Å². The molecule has 0 aromatic heterocycles. The molecule has 128 valence electrons. The first-order valence-electron chi connectivity index (χ1n) is 7.43. The van der Waals surface area contributed by atoms with Crippen LogP contribution in [0.2, 0.25) is 0 Å². The lowest BCUT2D eigenvalue weighted by Crippen LogP contribution is -2.45. The van der Waals surface area contributed by atoms with Crippen LogP contribution in [0.15, 0.2) is 12.1 Å². The number of halogens is 3. The molecule has 1 heterocycles. The summed E-state index contributed by atoms with van der Waals surface area (Å²) in [5.74, 6) is 0.278. The predicted octanol–water partition coefficient (Wildman–Crippen LogP) is 3.68. The highest BCUT2D eigenvalue weighted by atomic mass is 35.5. The first-order chi connectivity index (χ1) is 9.50. The smallest absolute Gasteiger partial charge is 0.131 e. The number of nitrogens with zero attached hydrogens (tertiary/aromatic N) is 1. The fourth-order valence-electron chi connectivity index (χ4n) is 2.90. The molecule has 0 bridgehead atoms. The van der Waals surface area contributed by atoms with Crippen molar-refractivity contribution in [2.75, 3.05) is 26.2 Å². The molecule has 1 aliphatic rings. The Hall–Kier alpha value is -0.550. The number of hydrogen-bond donors (Lipinski definition) is 2. The van der Waals surface area contributed by atoms with Crippen molar-refractivity contribution in [3.8, 4) is 5.75 Å². The van der Waals surface area contributed by atoms with Gasteiger partial charge in [0.05, 0.1) is 0 Å². The molecular formula is C16H27Cl2FN2O. The van der Waals surface area contributed by atoms with E-state index in [0.717, 1.165) is 38.2 Å². The molecule has 0 saturated carbocycles. The van der Waals surface area contributed by atoms with E-state index in [1.807, 2.05) is 6.92 Å². The Morgan fingerprint density at radius 2 is 1.82 bits per heavy atom. The van der Waals surface area contributed by atoms with Gasteiger partial charge in [-0.2, -0.15) is 0 Å². The molecule has 22 heavy (non-hydrogen) atoms. The maximum Gasteiger partial charge on any atom is 0.131 e. The van der Waals surface area contributed by atoms with Crippen molar-refractivity contribution in [2.24, 2.45) is 5.92 Å². The van der Waals surface area contributed by atoms with Gasteiger partial charge in [0.2, 0.25) is 0 Å². The Morgan fingerprint density at radius 3 is 2.36 bits per heavy atom. The van der Waals surface area contributed by atoms with Gasteiger partial charge in [-0.3, -0.25) is 4.90 Å². The van der Waals surface area contributed by atoms with Crippen LogP contribution in [0.5, 0.6) is 5.75 Å². The highest BCUT2D eigenvalue weighted by Crippen LogP contribution is 2.37. The SMILES string of the molecule is Cc1ccc(F)c([C@@H](CC(C)C)N2CCNCC2)c1O.Cl.Cl. The van der Waals surface area contributed by atoms with E-state index in [2.05, 4.69) is 24.1 Å².